The molecule has 1 heterocycles. The molecule has 2 atom stereocenters. The highest BCUT2D eigenvalue weighted by atomic mass is 16.5. The molecule has 0 bridgehead atoms. The van der Waals surface area contributed by atoms with E-state index >= 15 is 0 Å². The topological polar surface area (TPSA) is 71.7 Å². The Morgan fingerprint density at radius 1 is 1.07 bits per heavy atom. The average Bonchev–Trinajstić information content (AvgIpc) is 3.20. The van der Waals surface area contributed by atoms with Crippen LogP contribution in [0, 0.1) is 0 Å². The second-order valence-corrected chi connectivity index (χ2v) is 6.36. The summed E-state index contributed by atoms with van der Waals surface area (Å²) >= 11 is 0. The summed E-state index contributed by atoms with van der Waals surface area (Å²) in [5.41, 5.74) is 2.26. The molecule has 140 valence electrons. The zero-order valence-electron chi connectivity index (χ0n) is 15.4. The molecule has 2 aromatic carbocycles. The van der Waals surface area contributed by atoms with Gasteiger partial charge in [-0.15, -0.1) is 0 Å². The van der Waals surface area contributed by atoms with Crippen molar-refractivity contribution in [2.24, 2.45) is 0 Å². The van der Waals surface area contributed by atoms with Crippen molar-refractivity contribution in [3.05, 3.63) is 83.6 Å². The van der Waals surface area contributed by atoms with Crippen molar-refractivity contribution in [3.63, 3.8) is 0 Å². The summed E-state index contributed by atoms with van der Waals surface area (Å²) < 4.78 is 10.6. The van der Waals surface area contributed by atoms with Gasteiger partial charge in [-0.25, -0.2) is 4.79 Å². The third kappa shape index (κ3) is 4.64. The average molecular weight is 365 g/mol. The lowest BCUT2D eigenvalue weighted by atomic mass is 10.0. The lowest BCUT2D eigenvalue weighted by molar-refractivity contribution is 0.0600. The van der Waals surface area contributed by atoms with Gasteiger partial charge in [-0.2, -0.15) is 0 Å². The van der Waals surface area contributed by atoms with E-state index in [4.69, 9.17) is 9.15 Å². The number of ether oxygens (including phenoxy) is 1. The number of esters is 1. The first-order valence-electron chi connectivity index (χ1n) is 8.82. The van der Waals surface area contributed by atoms with Gasteiger partial charge < -0.3 is 19.6 Å². The maximum absolute atomic E-state index is 11.5. The van der Waals surface area contributed by atoms with Crippen molar-refractivity contribution in [1.29, 1.82) is 0 Å². The summed E-state index contributed by atoms with van der Waals surface area (Å²) in [6.45, 7) is 2.44. The van der Waals surface area contributed by atoms with E-state index in [1.54, 1.807) is 12.1 Å². The maximum Gasteiger partial charge on any atom is 0.337 e. The van der Waals surface area contributed by atoms with Gasteiger partial charge in [-0.3, -0.25) is 0 Å². The van der Waals surface area contributed by atoms with Gasteiger partial charge in [-0.05, 0) is 36.8 Å². The SMILES string of the molecule is COC(=O)c1ccc(-c2ccc(CN[C@@H](C)[C@H](O)c3ccccc3)o2)cc1. The van der Waals surface area contributed by atoms with Gasteiger partial charge in [0.1, 0.15) is 11.5 Å². The number of methoxy groups -OCH3 is 1. The van der Waals surface area contributed by atoms with Crippen molar-refractivity contribution < 1.29 is 19.1 Å². The summed E-state index contributed by atoms with van der Waals surface area (Å²) in [7, 11) is 1.36. The zero-order chi connectivity index (χ0) is 19.2. The molecular weight excluding hydrogens is 342 g/mol. The summed E-state index contributed by atoms with van der Waals surface area (Å²) in [4.78, 5) is 11.5. The number of aliphatic hydroxyl groups is 1. The molecule has 0 unspecified atom stereocenters. The Hall–Kier alpha value is -2.89. The molecule has 0 aliphatic heterocycles. The molecule has 0 amide bonds. The van der Waals surface area contributed by atoms with Gasteiger partial charge in [0.2, 0.25) is 0 Å². The van der Waals surface area contributed by atoms with Crippen LogP contribution in [-0.4, -0.2) is 24.2 Å². The van der Waals surface area contributed by atoms with Gasteiger partial charge in [0.15, 0.2) is 0 Å². The molecule has 27 heavy (non-hydrogen) atoms. The Morgan fingerprint density at radius 2 is 1.78 bits per heavy atom. The molecule has 0 fully saturated rings. The van der Waals surface area contributed by atoms with Crippen LogP contribution >= 0.6 is 0 Å². The predicted octanol–water partition coefficient (Wildman–Crippen LogP) is 3.94. The van der Waals surface area contributed by atoms with Crippen molar-refractivity contribution in [2.45, 2.75) is 25.6 Å². The quantitative estimate of drug-likeness (QED) is 0.621. The lowest BCUT2D eigenvalue weighted by Gasteiger charge is -2.20. The van der Waals surface area contributed by atoms with E-state index in [1.807, 2.05) is 61.5 Å². The van der Waals surface area contributed by atoms with E-state index < -0.39 is 6.10 Å². The molecular formula is C22H23NO4. The Bertz CT molecular complexity index is 871. The molecule has 1 aromatic heterocycles. The molecule has 5 heteroatoms. The molecule has 0 saturated carbocycles. The van der Waals surface area contributed by atoms with E-state index in [2.05, 4.69) is 5.32 Å². The number of furan rings is 1. The third-order valence-electron chi connectivity index (χ3n) is 4.47. The fourth-order valence-corrected chi connectivity index (χ4v) is 2.83. The van der Waals surface area contributed by atoms with Crippen LogP contribution in [0.3, 0.4) is 0 Å². The Balaban J connectivity index is 1.60. The zero-order valence-corrected chi connectivity index (χ0v) is 15.4. The smallest absolute Gasteiger partial charge is 0.337 e. The second-order valence-electron chi connectivity index (χ2n) is 6.36. The largest absolute Gasteiger partial charge is 0.465 e. The van der Waals surface area contributed by atoms with Crippen molar-refractivity contribution >= 4 is 5.97 Å². The van der Waals surface area contributed by atoms with E-state index in [1.165, 1.54) is 7.11 Å². The van der Waals surface area contributed by atoms with E-state index in [-0.39, 0.29) is 12.0 Å². The molecule has 5 nitrogen and oxygen atoms in total. The minimum absolute atomic E-state index is 0.125. The van der Waals surface area contributed by atoms with Crippen molar-refractivity contribution in [1.82, 2.24) is 5.32 Å². The Morgan fingerprint density at radius 3 is 2.44 bits per heavy atom. The highest BCUT2D eigenvalue weighted by Gasteiger charge is 2.16. The first-order valence-corrected chi connectivity index (χ1v) is 8.82. The van der Waals surface area contributed by atoms with Crippen LogP contribution in [0.15, 0.2) is 71.1 Å². The number of carbonyl (C=O) groups is 1. The lowest BCUT2D eigenvalue weighted by Crippen LogP contribution is -2.31. The minimum Gasteiger partial charge on any atom is -0.465 e. The summed E-state index contributed by atoms with van der Waals surface area (Å²) in [6, 6.07) is 20.3. The fourth-order valence-electron chi connectivity index (χ4n) is 2.83. The number of nitrogens with one attached hydrogen (secondary N) is 1. The van der Waals surface area contributed by atoms with Crippen molar-refractivity contribution in [3.8, 4) is 11.3 Å². The van der Waals surface area contributed by atoms with Gasteiger partial charge in [-0.1, -0.05) is 42.5 Å². The standard InChI is InChI=1S/C22H23NO4/c1-15(21(24)17-6-4-3-5-7-17)23-14-19-12-13-20(27-19)16-8-10-18(11-9-16)22(25)26-2/h3-13,15,21,23-24H,14H2,1-2H3/t15-,21-/m0/s1. The first kappa shape index (κ1) is 18.9. The van der Waals surface area contributed by atoms with Gasteiger partial charge in [0.25, 0.3) is 0 Å². The predicted molar refractivity (Wildman–Crippen MR) is 103 cm³/mol. The highest BCUT2D eigenvalue weighted by molar-refractivity contribution is 5.89. The van der Waals surface area contributed by atoms with Crippen LogP contribution in [0.2, 0.25) is 0 Å². The number of hydrogen-bond acceptors (Lipinski definition) is 5. The van der Waals surface area contributed by atoms with E-state index in [0.717, 1.165) is 22.6 Å². The molecule has 0 radical (unpaired) electrons. The van der Waals surface area contributed by atoms with Crippen LogP contribution in [0.5, 0.6) is 0 Å². The second kappa shape index (κ2) is 8.66. The molecule has 0 aliphatic rings. The highest BCUT2D eigenvalue weighted by Crippen LogP contribution is 2.23. The third-order valence-corrected chi connectivity index (χ3v) is 4.47. The van der Waals surface area contributed by atoms with Crippen LogP contribution in [0.1, 0.15) is 34.7 Å². The van der Waals surface area contributed by atoms with E-state index in [9.17, 15) is 9.90 Å². The molecule has 3 aromatic rings. The fraction of sp³-hybridized carbons (Fsp3) is 0.227. The molecule has 0 spiro atoms. The van der Waals surface area contributed by atoms with Crippen LogP contribution < -0.4 is 5.32 Å². The first-order chi connectivity index (χ1) is 13.1. The van der Waals surface area contributed by atoms with Crippen LogP contribution in [0.4, 0.5) is 0 Å². The molecule has 0 saturated heterocycles. The van der Waals surface area contributed by atoms with Gasteiger partial charge in [0, 0.05) is 11.6 Å². The summed E-state index contributed by atoms with van der Waals surface area (Å²) in [6.07, 6.45) is -0.591. The molecule has 0 aliphatic carbocycles. The molecule has 3 rings (SSSR count). The Labute approximate surface area is 158 Å². The number of carbonyl (C=O) groups excluding carboxylic acids is 1. The number of benzene rings is 2. The normalized spacial score (nSPS) is 13.1. The van der Waals surface area contributed by atoms with Gasteiger partial charge in [0.05, 0.1) is 25.3 Å². The monoisotopic (exact) mass is 365 g/mol. The van der Waals surface area contributed by atoms with Crippen LogP contribution in [0.25, 0.3) is 11.3 Å². The number of rotatable bonds is 7. The maximum atomic E-state index is 11.5. The van der Waals surface area contributed by atoms with E-state index in [0.29, 0.717) is 12.1 Å². The molecule has 2 N–H and O–H groups in total. The van der Waals surface area contributed by atoms with Gasteiger partial charge >= 0.3 is 5.97 Å². The van der Waals surface area contributed by atoms with Crippen LogP contribution in [-0.2, 0) is 11.3 Å². The number of hydrogen-bond donors (Lipinski definition) is 2. The Kier molecular flexibility index (Phi) is 6.06. The summed E-state index contributed by atoms with van der Waals surface area (Å²) in [5.74, 6) is 1.13. The van der Waals surface area contributed by atoms with Crippen molar-refractivity contribution in [2.75, 3.05) is 7.11 Å². The minimum atomic E-state index is -0.591. The number of aliphatic hydroxyl groups excluding tert-OH is 1. The summed E-state index contributed by atoms with van der Waals surface area (Å²) in [5, 5.41) is 13.7.